The molecule has 29 heavy (non-hydrogen) atoms. The summed E-state index contributed by atoms with van der Waals surface area (Å²) in [6.45, 7) is 9.82. The number of nitrogens with one attached hydrogen (secondary N) is 1. The summed E-state index contributed by atoms with van der Waals surface area (Å²) in [6, 6.07) is 5.66. The van der Waals surface area contributed by atoms with E-state index in [9.17, 15) is 4.79 Å². The molecular weight excluding hydrogens is 368 g/mol. The van der Waals surface area contributed by atoms with Gasteiger partial charge in [0.05, 0.1) is 28.5 Å². The van der Waals surface area contributed by atoms with E-state index in [0.717, 1.165) is 37.7 Å². The molecule has 1 aliphatic heterocycles. The Balaban J connectivity index is 1.56. The van der Waals surface area contributed by atoms with Crippen LogP contribution in [0.3, 0.4) is 0 Å². The molecule has 4 heterocycles. The fourth-order valence-electron chi connectivity index (χ4n) is 3.47. The van der Waals surface area contributed by atoms with Crippen molar-refractivity contribution in [3.8, 4) is 0 Å². The first kappa shape index (κ1) is 19.3. The smallest absolute Gasteiger partial charge is 0.259 e. The zero-order chi connectivity index (χ0) is 20.5. The van der Waals surface area contributed by atoms with E-state index in [-0.39, 0.29) is 11.8 Å². The molecule has 1 saturated heterocycles. The second kappa shape index (κ2) is 7.79. The van der Waals surface area contributed by atoms with Gasteiger partial charge in [-0.2, -0.15) is 0 Å². The number of anilines is 2. The lowest BCUT2D eigenvalue weighted by molar-refractivity contribution is 0.102. The minimum Gasteiger partial charge on any atom is -0.354 e. The van der Waals surface area contributed by atoms with Gasteiger partial charge in [0.25, 0.3) is 11.6 Å². The monoisotopic (exact) mass is 394 g/mol. The van der Waals surface area contributed by atoms with Gasteiger partial charge in [-0.25, -0.2) is 9.97 Å². The Kier molecular flexibility index (Phi) is 5.19. The Bertz CT molecular complexity index is 1020. The highest BCUT2D eigenvalue weighted by molar-refractivity contribution is 6.12. The predicted octanol–water partition coefficient (Wildman–Crippen LogP) is 3.05. The molecular formula is C21H26N6O2. The molecule has 0 aliphatic carbocycles. The summed E-state index contributed by atoms with van der Waals surface area (Å²) in [5, 5.41) is 7.57. The quantitative estimate of drug-likeness (QED) is 0.728. The highest BCUT2D eigenvalue weighted by Crippen LogP contribution is 2.26. The van der Waals surface area contributed by atoms with E-state index >= 15 is 0 Å². The van der Waals surface area contributed by atoms with Gasteiger partial charge in [-0.1, -0.05) is 19.0 Å². The molecule has 4 rings (SSSR count). The number of aryl methyl sites for hydroxylation is 1. The molecule has 0 spiro atoms. The molecule has 1 amide bonds. The molecule has 0 atom stereocenters. The van der Waals surface area contributed by atoms with E-state index in [1.54, 1.807) is 6.20 Å². The molecule has 1 N–H and O–H groups in total. The highest BCUT2D eigenvalue weighted by Gasteiger charge is 2.20. The van der Waals surface area contributed by atoms with Crippen molar-refractivity contribution in [1.82, 2.24) is 20.0 Å². The van der Waals surface area contributed by atoms with Gasteiger partial charge in [-0.05, 0) is 38.1 Å². The van der Waals surface area contributed by atoms with Crippen molar-refractivity contribution in [1.29, 1.82) is 0 Å². The van der Waals surface area contributed by atoms with E-state index in [1.807, 2.05) is 39.0 Å². The van der Waals surface area contributed by atoms with E-state index < -0.39 is 0 Å². The van der Waals surface area contributed by atoms with Gasteiger partial charge < -0.3 is 19.6 Å². The van der Waals surface area contributed by atoms with E-state index in [1.165, 1.54) is 0 Å². The number of carbonyl (C=O) groups is 1. The molecule has 3 aromatic heterocycles. The number of piperazine rings is 1. The lowest BCUT2D eigenvalue weighted by atomic mass is 10.0. The summed E-state index contributed by atoms with van der Waals surface area (Å²) in [4.78, 5) is 26.6. The average Bonchev–Trinajstić information content (AvgIpc) is 3.09. The van der Waals surface area contributed by atoms with Crippen LogP contribution in [0, 0.1) is 6.92 Å². The topological polar surface area (TPSA) is 87.4 Å². The molecule has 0 unspecified atom stereocenters. The second-order valence-corrected chi connectivity index (χ2v) is 7.85. The number of carbonyl (C=O) groups excluding carboxylic acids is 1. The maximum atomic E-state index is 13.0. The number of amides is 1. The van der Waals surface area contributed by atoms with Gasteiger partial charge in [0.2, 0.25) is 0 Å². The number of likely N-dealkylation sites (N-methyl/N-ethyl adjacent to an activating group) is 1. The number of hydrogen-bond acceptors (Lipinski definition) is 7. The van der Waals surface area contributed by atoms with Crippen LogP contribution in [-0.4, -0.2) is 59.2 Å². The number of fused-ring (bicyclic) bond motifs is 1. The number of nitrogens with zero attached hydrogens (tertiary/aromatic N) is 5. The Morgan fingerprint density at radius 3 is 2.62 bits per heavy atom. The van der Waals surface area contributed by atoms with Crippen LogP contribution in [0.25, 0.3) is 11.1 Å². The first-order chi connectivity index (χ1) is 13.9. The molecule has 0 bridgehead atoms. The molecule has 0 radical (unpaired) electrons. The lowest BCUT2D eigenvalue weighted by Crippen LogP contribution is -2.44. The first-order valence-corrected chi connectivity index (χ1v) is 9.90. The SMILES string of the molecule is Cc1noc2nc(C(C)C)cc(C(=O)Nc3ccc(N4CCN(C)CC4)nc3)c12. The van der Waals surface area contributed by atoms with Crippen molar-refractivity contribution in [2.45, 2.75) is 26.7 Å². The van der Waals surface area contributed by atoms with Gasteiger partial charge in [0, 0.05) is 31.9 Å². The first-order valence-electron chi connectivity index (χ1n) is 9.90. The van der Waals surface area contributed by atoms with Crippen LogP contribution in [0.4, 0.5) is 11.5 Å². The molecule has 8 heteroatoms. The largest absolute Gasteiger partial charge is 0.354 e. The third-order valence-electron chi connectivity index (χ3n) is 5.31. The van der Waals surface area contributed by atoms with E-state index in [0.29, 0.717) is 28.0 Å². The lowest BCUT2D eigenvalue weighted by Gasteiger charge is -2.33. The van der Waals surface area contributed by atoms with Crippen molar-refractivity contribution < 1.29 is 9.32 Å². The van der Waals surface area contributed by atoms with Gasteiger partial charge >= 0.3 is 0 Å². The van der Waals surface area contributed by atoms with Crippen LogP contribution >= 0.6 is 0 Å². The Hall–Kier alpha value is -3.00. The standard InChI is InChI=1S/C21H26N6O2/c1-13(2)17-11-16(19-14(3)25-29-21(19)24-17)20(28)23-15-5-6-18(22-12-15)27-9-7-26(4)8-10-27/h5-6,11-13H,7-10H2,1-4H3,(H,23,28). The summed E-state index contributed by atoms with van der Waals surface area (Å²) in [6.07, 6.45) is 1.70. The molecule has 3 aromatic rings. The fraction of sp³-hybridized carbons (Fsp3) is 0.429. The fourth-order valence-corrected chi connectivity index (χ4v) is 3.47. The number of rotatable bonds is 4. The van der Waals surface area contributed by atoms with Gasteiger partial charge in [-0.3, -0.25) is 4.79 Å². The Morgan fingerprint density at radius 2 is 1.97 bits per heavy atom. The average molecular weight is 394 g/mol. The van der Waals surface area contributed by atoms with Crippen LogP contribution < -0.4 is 10.2 Å². The minimum absolute atomic E-state index is 0.167. The van der Waals surface area contributed by atoms with Crippen LogP contribution in [0.5, 0.6) is 0 Å². The third-order valence-corrected chi connectivity index (χ3v) is 5.31. The molecule has 1 aliphatic rings. The van der Waals surface area contributed by atoms with Crippen LogP contribution in [-0.2, 0) is 0 Å². The van der Waals surface area contributed by atoms with E-state index in [4.69, 9.17) is 4.52 Å². The maximum absolute atomic E-state index is 13.0. The van der Waals surface area contributed by atoms with Crippen molar-refractivity contribution in [3.05, 3.63) is 41.3 Å². The second-order valence-electron chi connectivity index (χ2n) is 7.85. The van der Waals surface area contributed by atoms with Crippen molar-refractivity contribution >= 4 is 28.5 Å². The van der Waals surface area contributed by atoms with E-state index in [2.05, 4.69) is 37.3 Å². The summed E-state index contributed by atoms with van der Waals surface area (Å²) in [7, 11) is 2.13. The number of hydrogen-bond donors (Lipinski definition) is 1. The van der Waals surface area contributed by atoms with Gasteiger partial charge in [-0.15, -0.1) is 0 Å². The maximum Gasteiger partial charge on any atom is 0.259 e. The molecule has 0 aromatic carbocycles. The van der Waals surface area contributed by atoms with Gasteiger partial charge in [0.1, 0.15) is 5.82 Å². The van der Waals surface area contributed by atoms with Gasteiger partial charge in [0.15, 0.2) is 0 Å². The van der Waals surface area contributed by atoms with Crippen molar-refractivity contribution in [2.24, 2.45) is 0 Å². The third kappa shape index (κ3) is 3.93. The van der Waals surface area contributed by atoms with Crippen LogP contribution in [0.1, 0.15) is 41.5 Å². The summed E-state index contributed by atoms with van der Waals surface area (Å²) >= 11 is 0. The summed E-state index contributed by atoms with van der Waals surface area (Å²) < 4.78 is 5.31. The number of pyridine rings is 2. The molecule has 8 nitrogen and oxygen atoms in total. The Morgan fingerprint density at radius 1 is 1.21 bits per heavy atom. The highest BCUT2D eigenvalue weighted by atomic mass is 16.5. The van der Waals surface area contributed by atoms with Crippen molar-refractivity contribution in [3.63, 3.8) is 0 Å². The van der Waals surface area contributed by atoms with Crippen molar-refractivity contribution in [2.75, 3.05) is 43.4 Å². The predicted molar refractivity (Wildman–Crippen MR) is 113 cm³/mol. The Labute approximate surface area is 169 Å². The van der Waals surface area contributed by atoms with Crippen LogP contribution in [0.15, 0.2) is 28.9 Å². The molecule has 0 saturated carbocycles. The van der Waals surface area contributed by atoms with Crippen LogP contribution in [0.2, 0.25) is 0 Å². The zero-order valence-corrected chi connectivity index (χ0v) is 17.3. The normalized spacial score (nSPS) is 15.3. The number of aromatic nitrogens is 3. The molecule has 152 valence electrons. The minimum atomic E-state index is -0.222. The zero-order valence-electron chi connectivity index (χ0n) is 17.3. The molecule has 1 fully saturated rings. The summed E-state index contributed by atoms with van der Waals surface area (Å²) in [5.74, 6) is 0.875. The summed E-state index contributed by atoms with van der Waals surface area (Å²) in [5.41, 5.74) is 3.00.